The van der Waals surface area contributed by atoms with Crippen LogP contribution in [0.25, 0.3) is 0 Å². The molecule has 5 heavy (non-hydrogen) atoms. The van der Waals surface area contributed by atoms with Crippen LogP contribution in [0.4, 0.5) is 9.41 Å². The molecule has 0 bridgehead atoms. The van der Waals surface area contributed by atoms with Gasteiger partial charge in [0.25, 0.3) is 0 Å². The van der Waals surface area contributed by atoms with E-state index in [-0.39, 0.29) is 30.6 Å². The fourth-order valence-corrected chi connectivity index (χ4v) is 0. The fourth-order valence-electron chi connectivity index (χ4n) is 0. The second-order valence-corrected chi connectivity index (χ2v) is 3.35. The standard InChI is InChI=1S/2CH3.2FH.Sn/h2*1H3;2*1H;. The van der Waals surface area contributed by atoms with Gasteiger partial charge in [-0.1, -0.05) is 0 Å². The van der Waals surface area contributed by atoms with E-state index in [0.717, 1.165) is 0 Å². The molecule has 0 aliphatic carbocycles. The SMILES string of the molecule is F.F.[CH3][Sn][CH3]. The van der Waals surface area contributed by atoms with Gasteiger partial charge in [0.05, 0.1) is 0 Å². The van der Waals surface area contributed by atoms with Crippen LogP contribution in [0.15, 0.2) is 0 Å². The van der Waals surface area contributed by atoms with Crippen LogP contribution in [0.1, 0.15) is 0 Å². The van der Waals surface area contributed by atoms with Gasteiger partial charge in [-0.2, -0.15) is 0 Å². The summed E-state index contributed by atoms with van der Waals surface area (Å²) in [5.41, 5.74) is 0. The molecule has 0 rings (SSSR count). The van der Waals surface area contributed by atoms with Gasteiger partial charge in [0, 0.05) is 0 Å². The Kier molecular flexibility index (Phi) is 78.8. The van der Waals surface area contributed by atoms with Crippen LogP contribution in [0.2, 0.25) is 9.88 Å². The number of rotatable bonds is 0. The van der Waals surface area contributed by atoms with Crippen molar-refractivity contribution in [3.05, 3.63) is 0 Å². The van der Waals surface area contributed by atoms with Crippen molar-refractivity contribution < 1.29 is 9.41 Å². The Bertz CT molecular complexity index is 7.61. The molecule has 0 spiro atoms. The first-order chi connectivity index (χ1) is 1.41. The zero-order valence-electron chi connectivity index (χ0n) is 3.32. The fraction of sp³-hybridized carbons (Fsp3) is 1.00. The molecule has 0 aliphatic rings. The van der Waals surface area contributed by atoms with Crippen LogP contribution in [0.3, 0.4) is 0 Å². The average molecular weight is 189 g/mol. The van der Waals surface area contributed by atoms with Gasteiger partial charge in [-0.15, -0.1) is 0 Å². The van der Waals surface area contributed by atoms with Gasteiger partial charge in [0.1, 0.15) is 0 Å². The van der Waals surface area contributed by atoms with Gasteiger partial charge in [0.2, 0.25) is 0 Å². The topological polar surface area (TPSA) is 0 Å². The molecule has 0 aromatic carbocycles. The first-order valence-electron chi connectivity index (χ1n) is 1.00. The van der Waals surface area contributed by atoms with Crippen LogP contribution in [-0.4, -0.2) is 21.1 Å². The van der Waals surface area contributed by atoms with E-state index in [1.54, 1.807) is 0 Å². The monoisotopic (exact) mass is 190 g/mol. The molecule has 0 unspecified atom stereocenters. The van der Waals surface area contributed by atoms with Crippen LogP contribution in [0, 0.1) is 0 Å². The van der Waals surface area contributed by atoms with Crippen molar-refractivity contribution in [2.24, 2.45) is 0 Å². The first kappa shape index (κ1) is 17.4. The molecule has 0 atom stereocenters. The normalized spacial score (nSPS) is 3.60. The summed E-state index contributed by atoms with van der Waals surface area (Å²) in [5.74, 6) is 0. The third-order valence-electron chi connectivity index (χ3n) is 0. The second-order valence-electron chi connectivity index (χ2n) is 0.500. The molecule has 0 amide bonds. The molecule has 0 N–H and O–H groups in total. The van der Waals surface area contributed by atoms with E-state index < -0.39 is 0 Å². The van der Waals surface area contributed by atoms with E-state index in [1.165, 1.54) is 0 Å². The van der Waals surface area contributed by atoms with Crippen LogP contribution in [-0.2, 0) is 0 Å². The van der Waals surface area contributed by atoms with Crippen molar-refractivity contribution >= 4 is 21.1 Å². The van der Waals surface area contributed by atoms with Gasteiger partial charge >= 0.3 is 31.0 Å². The predicted molar refractivity (Wildman–Crippen MR) is 22.5 cm³/mol. The van der Waals surface area contributed by atoms with Crippen molar-refractivity contribution in [3.8, 4) is 0 Å². The molecule has 3 heteroatoms. The van der Waals surface area contributed by atoms with E-state index in [2.05, 4.69) is 9.88 Å². The van der Waals surface area contributed by atoms with Gasteiger partial charge in [-0.3, -0.25) is 9.41 Å². The van der Waals surface area contributed by atoms with Crippen LogP contribution < -0.4 is 0 Å². The van der Waals surface area contributed by atoms with E-state index in [0.29, 0.717) is 0 Å². The number of hydrogen-bond donors (Lipinski definition) is 0. The van der Waals surface area contributed by atoms with Crippen molar-refractivity contribution in [3.63, 3.8) is 0 Å². The van der Waals surface area contributed by atoms with Gasteiger partial charge in [-0.25, -0.2) is 0 Å². The maximum atomic E-state index is 2.30. The predicted octanol–water partition coefficient (Wildman–Crippen LogP) is 1.09. The molecule has 0 nitrogen and oxygen atoms in total. The molecule has 0 saturated heterocycles. The summed E-state index contributed by atoms with van der Waals surface area (Å²) in [4.78, 5) is 4.59. The Morgan fingerprint density at radius 3 is 1.00 bits per heavy atom. The summed E-state index contributed by atoms with van der Waals surface area (Å²) >= 11 is 0.230. The molecular weight excluding hydrogens is 181 g/mol. The average Bonchev–Trinajstić information content (AvgIpc) is 0.918. The molecule has 0 heterocycles. The summed E-state index contributed by atoms with van der Waals surface area (Å²) in [6.45, 7) is 0. The summed E-state index contributed by atoms with van der Waals surface area (Å²) in [7, 11) is 0. The minimum atomic E-state index is 0. The molecular formula is C2H8F2Sn. The summed E-state index contributed by atoms with van der Waals surface area (Å²) in [6.07, 6.45) is 0. The molecule has 2 radical (unpaired) electrons. The second kappa shape index (κ2) is 22.7. The molecule has 0 aromatic heterocycles. The van der Waals surface area contributed by atoms with Crippen LogP contribution >= 0.6 is 0 Å². The van der Waals surface area contributed by atoms with Crippen LogP contribution in [0.5, 0.6) is 0 Å². The number of hydrogen-bond acceptors (Lipinski definition) is 0. The van der Waals surface area contributed by atoms with Gasteiger partial charge < -0.3 is 0 Å². The third-order valence-corrected chi connectivity index (χ3v) is 0. The third kappa shape index (κ3) is 75.9. The quantitative estimate of drug-likeness (QED) is 0.500. The van der Waals surface area contributed by atoms with Crippen molar-refractivity contribution in [2.75, 3.05) is 0 Å². The summed E-state index contributed by atoms with van der Waals surface area (Å²) in [5, 5.41) is 0. The van der Waals surface area contributed by atoms with Crippen molar-refractivity contribution in [2.45, 2.75) is 9.88 Å². The van der Waals surface area contributed by atoms with Crippen molar-refractivity contribution in [1.82, 2.24) is 0 Å². The minimum absolute atomic E-state index is 0. The van der Waals surface area contributed by atoms with E-state index in [1.807, 2.05) is 0 Å². The first-order valence-corrected chi connectivity index (χ1v) is 6.71. The Labute approximate surface area is 40.9 Å². The van der Waals surface area contributed by atoms with E-state index in [4.69, 9.17) is 0 Å². The number of halogens is 2. The van der Waals surface area contributed by atoms with Gasteiger partial charge in [0.15, 0.2) is 0 Å². The van der Waals surface area contributed by atoms with Crippen molar-refractivity contribution in [1.29, 1.82) is 0 Å². The molecule has 0 aromatic rings. The Morgan fingerprint density at radius 1 is 1.00 bits per heavy atom. The Morgan fingerprint density at radius 2 is 1.00 bits per heavy atom. The Hall–Kier alpha value is 0.659. The zero-order valence-corrected chi connectivity index (χ0v) is 6.17. The van der Waals surface area contributed by atoms with Gasteiger partial charge in [-0.05, 0) is 0 Å². The van der Waals surface area contributed by atoms with E-state index in [9.17, 15) is 0 Å². The zero-order chi connectivity index (χ0) is 2.71. The molecule has 0 saturated carbocycles. The summed E-state index contributed by atoms with van der Waals surface area (Å²) in [6, 6.07) is 0. The molecule has 0 aliphatic heterocycles. The van der Waals surface area contributed by atoms with E-state index >= 15 is 0 Å². The maximum absolute atomic E-state index is 2.30. The summed E-state index contributed by atoms with van der Waals surface area (Å²) < 4.78 is 0. The Balaban J connectivity index is -0.0000000200. The molecule has 34 valence electrons. The molecule has 0 fully saturated rings.